The van der Waals surface area contributed by atoms with Gasteiger partial charge in [-0.1, -0.05) is 31.2 Å². The lowest BCUT2D eigenvalue weighted by atomic mass is 9.92. The minimum atomic E-state index is -0.918. The maximum absolute atomic E-state index is 14.0. The first kappa shape index (κ1) is 28.0. The standard InChI is InChI=1S/C29H36F2N6O3/c1-5-36-18-29(25(40-36)20-12-13-22(30)23(31)16-20)17-24(29)32-28(38)33-26-19(2)27(39-15-9-14-35(3)4)34-37(26)21-10-7-6-8-11-21/h6-8,10-13,16,24-25H,5,9,14-15,17-18H2,1-4H3,(H2,32,33,38)/t24?,25?,29-/m0/s1. The summed E-state index contributed by atoms with van der Waals surface area (Å²) in [6.07, 6.45) is 0.998. The third-order valence-electron chi connectivity index (χ3n) is 7.57. The van der Waals surface area contributed by atoms with Gasteiger partial charge in [-0.3, -0.25) is 10.2 Å². The number of rotatable bonds is 10. The predicted octanol–water partition coefficient (Wildman–Crippen LogP) is 4.68. The molecule has 3 atom stereocenters. The molecular weight excluding hydrogens is 518 g/mol. The van der Waals surface area contributed by atoms with Crippen molar-refractivity contribution in [1.82, 2.24) is 25.1 Å². The van der Waals surface area contributed by atoms with Crippen molar-refractivity contribution in [2.24, 2.45) is 5.41 Å². The Labute approximate surface area is 233 Å². The molecule has 2 aliphatic rings. The molecule has 2 unspecified atom stereocenters. The largest absolute Gasteiger partial charge is 0.476 e. The Bertz CT molecular complexity index is 1350. The number of ether oxygens (including phenoxy) is 1. The fourth-order valence-electron chi connectivity index (χ4n) is 5.30. The van der Waals surface area contributed by atoms with Crippen LogP contribution >= 0.6 is 0 Å². The monoisotopic (exact) mass is 554 g/mol. The van der Waals surface area contributed by atoms with Crippen LogP contribution in [0.2, 0.25) is 0 Å². The number of amides is 2. The van der Waals surface area contributed by atoms with Crippen LogP contribution in [0.25, 0.3) is 5.69 Å². The van der Waals surface area contributed by atoms with Gasteiger partial charge in [0, 0.05) is 31.1 Å². The highest BCUT2D eigenvalue weighted by molar-refractivity contribution is 5.90. The average Bonchev–Trinajstić information content (AvgIpc) is 3.32. The third-order valence-corrected chi connectivity index (χ3v) is 7.57. The molecule has 5 rings (SSSR count). The minimum absolute atomic E-state index is 0.211. The molecule has 40 heavy (non-hydrogen) atoms. The van der Waals surface area contributed by atoms with Gasteiger partial charge in [-0.25, -0.2) is 18.3 Å². The fourth-order valence-corrected chi connectivity index (χ4v) is 5.30. The summed E-state index contributed by atoms with van der Waals surface area (Å²) in [7, 11) is 4.02. The molecule has 1 saturated heterocycles. The molecule has 1 aromatic heterocycles. The second-order valence-corrected chi connectivity index (χ2v) is 10.7. The van der Waals surface area contributed by atoms with Gasteiger partial charge in [-0.2, -0.15) is 5.06 Å². The minimum Gasteiger partial charge on any atom is -0.476 e. The molecule has 2 amide bonds. The van der Waals surface area contributed by atoms with Gasteiger partial charge in [0.2, 0.25) is 5.88 Å². The van der Waals surface area contributed by atoms with Crippen molar-refractivity contribution in [3.63, 3.8) is 0 Å². The van der Waals surface area contributed by atoms with Crippen molar-refractivity contribution in [1.29, 1.82) is 0 Å². The van der Waals surface area contributed by atoms with E-state index in [2.05, 4.69) is 20.6 Å². The smallest absolute Gasteiger partial charge is 0.320 e. The van der Waals surface area contributed by atoms with Crippen LogP contribution in [-0.4, -0.2) is 72.2 Å². The Morgan fingerprint density at radius 1 is 1.20 bits per heavy atom. The van der Waals surface area contributed by atoms with Crippen molar-refractivity contribution in [2.75, 3.05) is 45.7 Å². The molecule has 0 bridgehead atoms. The van der Waals surface area contributed by atoms with Gasteiger partial charge < -0.3 is 15.0 Å². The number of hydroxylamine groups is 2. The molecule has 0 radical (unpaired) electrons. The van der Waals surface area contributed by atoms with Crippen molar-refractivity contribution < 1.29 is 23.1 Å². The van der Waals surface area contributed by atoms with E-state index in [0.29, 0.717) is 43.4 Å². The lowest BCUT2D eigenvalue weighted by molar-refractivity contribution is -0.146. The van der Waals surface area contributed by atoms with E-state index in [-0.39, 0.29) is 12.1 Å². The van der Waals surface area contributed by atoms with Crippen LogP contribution in [0.3, 0.4) is 0 Å². The van der Waals surface area contributed by atoms with Crippen LogP contribution in [0.1, 0.15) is 37.0 Å². The first-order chi connectivity index (χ1) is 19.2. The topological polar surface area (TPSA) is 83.9 Å². The number of aromatic nitrogens is 2. The molecule has 1 aliphatic heterocycles. The van der Waals surface area contributed by atoms with Crippen LogP contribution in [0.4, 0.5) is 19.4 Å². The SMILES string of the molecule is CCN1C[C@]2(CC2NC(=O)Nc2c(C)c(OCCCN(C)C)nn2-c2ccccc2)C(c2ccc(F)c(F)c2)O1. The van der Waals surface area contributed by atoms with Crippen molar-refractivity contribution in [2.45, 2.75) is 38.8 Å². The van der Waals surface area contributed by atoms with Crippen LogP contribution < -0.4 is 15.4 Å². The molecule has 2 N–H and O–H groups in total. The molecule has 1 aliphatic carbocycles. The van der Waals surface area contributed by atoms with E-state index in [1.165, 1.54) is 6.07 Å². The quantitative estimate of drug-likeness (QED) is 0.354. The maximum Gasteiger partial charge on any atom is 0.320 e. The predicted molar refractivity (Wildman–Crippen MR) is 147 cm³/mol. The van der Waals surface area contributed by atoms with E-state index in [0.717, 1.165) is 30.3 Å². The van der Waals surface area contributed by atoms with Gasteiger partial charge in [-0.15, -0.1) is 5.10 Å². The normalized spacial score (nSPS) is 22.2. The number of carbonyl (C=O) groups is 1. The Kier molecular flexibility index (Phi) is 8.07. The van der Waals surface area contributed by atoms with Gasteiger partial charge in [-0.05, 0) is 63.7 Å². The Hall–Kier alpha value is -3.54. The number of hydrogen-bond acceptors (Lipinski definition) is 6. The Balaban J connectivity index is 1.32. The summed E-state index contributed by atoms with van der Waals surface area (Å²) in [4.78, 5) is 21.5. The number of benzene rings is 2. The number of para-hydroxylation sites is 1. The summed E-state index contributed by atoms with van der Waals surface area (Å²) < 4.78 is 35.3. The van der Waals surface area contributed by atoms with Crippen molar-refractivity contribution in [3.8, 4) is 11.6 Å². The molecule has 9 nitrogen and oxygen atoms in total. The first-order valence-electron chi connectivity index (χ1n) is 13.6. The van der Waals surface area contributed by atoms with Gasteiger partial charge in [0.15, 0.2) is 11.6 Å². The number of halogens is 2. The lowest BCUT2D eigenvalue weighted by Crippen LogP contribution is -2.36. The molecular formula is C29H36F2N6O3. The van der Waals surface area contributed by atoms with Crippen LogP contribution in [-0.2, 0) is 4.84 Å². The van der Waals surface area contributed by atoms with E-state index in [1.807, 2.05) is 58.3 Å². The Morgan fingerprint density at radius 3 is 2.67 bits per heavy atom. The lowest BCUT2D eigenvalue weighted by Gasteiger charge is -2.19. The third kappa shape index (κ3) is 5.67. The van der Waals surface area contributed by atoms with Crippen molar-refractivity contribution in [3.05, 3.63) is 71.3 Å². The first-order valence-corrected chi connectivity index (χ1v) is 13.6. The maximum atomic E-state index is 14.0. The highest BCUT2D eigenvalue weighted by Crippen LogP contribution is 2.60. The summed E-state index contributed by atoms with van der Waals surface area (Å²) in [5.41, 5.74) is 1.62. The molecule has 2 aromatic carbocycles. The van der Waals surface area contributed by atoms with Gasteiger partial charge >= 0.3 is 6.03 Å². The molecule has 2 fully saturated rings. The second kappa shape index (κ2) is 11.5. The molecule has 3 aromatic rings. The van der Waals surface area contributed by atoms with Crippen molar-refractivity contribution >= 4 is 11.8 Å². The fraction of sp³-hybridized carbons (Fsp3) is 0.448. The zero-order valence-electron chi connectivity index (χ0n) is 23.3. The summed E-state index contributed by atoms with van der Waals surface area (Å²) in [6, 6.07) is 12.8. The highest BCUT2D eigenvalue weighted by atomic mass is 19.2. The van der Waals surface area contributed by atoms with Gasteiger partial charge in [0.05, 0.1) is 17.9 Å². The number of hydrogen-bond donors (Lipinski definition) is 2. The average molecular weight is 555 g/mol. The van der Waals surface area contributed by atoms with E-state index < -0.39 is 23.2 Å². The number of carbonyl (C=O) groups excluding carboxylic acids is 1. The molecule has 1 saturated carbocycles. The number of urea groups is 1. The number of nitrogens with one attached hydrogen (secondary N) is 2. The summed E-state index contributed by atoms with van der Waals surface area (Å²) in [5.74, 6) is -0.851. The van der Waals surface area contributed by atoms with Crippen LogP contribution in [0.5, 0.6) is 5.88 Å². The zero-order valence-corrected chi connectivity index (χ0v) is 23.3. The zero-order chi connectivity index (χ0) is 28.4. The second-order valence-electron chi connectivity index (χ2n) is 10.7. The molecule has 2 heterocycles. The van der Waals surface area contributed by atoms with Crippen LogP contribution in [0, 0.1) is 24.0 Å². The van der Waals surface area contributed by atoms with E-state index in [4.69, 9.17) is 9.57 Å². The van der Waals surface area contributed by atoms with E-state index >= 15 is 0 Å². The van der Waals surface area contributed by atoms with E-state index in [1.54, 1.807) is 15.8 Å². The van der Waals surface area contributed by atoms with E-state index in [9.17, 15) is 13.6 Å². The number of anilines is 1. The van der Waals surface area contributed by atoms with Gasteiger partial charge in [0.1, 0.15) is 11.9 Å². The summed E-state index contributed by atoms with van der Waals surface area (Å²) >= 11 is 0. The molecule has 11 heteroatoms. The van der Waals surface area contributed by atoms with Crippen LogP contribution in [0.15, 0.2) is 48.5 Å². The summed E-state index contributed by atoms with van der Waals surface area (Å²) in [6.45, 7) is 6.43. The number of nitrogens with zero attached hydrogens (tertiary/aromatic N) is 4. The molecule has 214 valence electrons. The Morgan fingerprint density at radius 2 is 1.98 bits per heavy atom. The highest BCUT2D eigenvalue weighted by Gasteiger charge is 2.65. The molecule has 1 spiro atoms. The van der Waals surface area contributed by atoms with Gasteiger partial charge in [0.25, 0.3) is 0 Å². The summed E-state index contributed by atoms with van der Waals surface area (Å²) in [5, 5.41) is 12.5.